The molecule has 116 valence electrons. The number of hydrogen-bond donors (Lipinski definition) is 2. The van der Waals surface area contributed by atoms with Crippen molar-refractivity contribution in [2.75, 3.05) is 11.9 Å². The van der Waals surface area contributed by atoms with E-state index in [0.29, 0.717) is 11.3 Å². The largest absolute Gasteiger partial charge is 0.462 e. The van der Waals surface area contributed by atoms with Gasteiger partial charge in [0.05, 0.1) is 23.3 Å². The molecule has 0 fully saturated rings. The van der Waals surface area contributed by atoms with Gasteiger partial charge in [-0.1, -0.05) is 12.1 Å². The summed E-state index contributed by atoms with van der Waals surface area (Å²) in [5.41, 5.74) is 5.33. The maximum absolute atomic E-state index is 12.5. The Hall–Kier alpha value is -1.88. The highest BCUT2D eigenvalue weighted by Crippen LogP contribution is 2.30. The SMILES string of the molecule is CCOC(=O)c1ccccc1NC(=O)C(C)(C)C(C)(C)N. The van der Waals surface area contributed by atoms with Gasteiger partial charge in [-0.2, -0.15) is 0 Å². The summed E-state index contributed by atoms with van der Waals surface area (Å²) in [6.45, 7) is 9.15. The van der Waals surface area contributed by atoms with Crippen molar-refractivity contribution in [3.63, 3.8) is 0 Å². The predicted molar refractivity (Wildman–Crippen MR) is 83.1 cm³/mol. The molecule has 0 heterocycles. The van der Waals surface area contributed by atoms with Gasteiger partial charge in [0.15, 0.2) is 0 Å². The zero-order chi connectivity index (χ0) is 16.3. The molecule has 1 aromatic carbocycles. The molecule has 0 saturated heterocycles. The number of ether oxygens (including phenoxy) is 1. The average molecular weight is 292 g/mol. The Morgan fingerprint density at radius 2 is 1.76 bits per heavy atom. The predicted octanol–water partition coefficient (Wildman–Crippen LogP) is 2.57. The summed E-state index contributed by atoms with van der Waals surface area (Å²) in [4.78, 5) is 24.4. The summed E-state index contributed by atoms with van der Waals surface area (Å²) >= 11 is 0. The van der Waals surface area contributed by atoms with Crippen molar-refractivity contribution in [1.29, 1.82) is 0 Å². The van der Waals surface area contributed by atoms with Gasteiger partial charge < -0.3 is 15.8 Å². The monoisotopic (exact) mass is 292 g/mol. The maximum atomic E-state index is 12.5. The van der Waals surface area contributed by atoms with Gasteiger partial charge in [-0.05, 0) is 46.8 Å². The van der Waals surface area contributed by atoms with Gasteiger partial charge in [0, 0.05) is 5.54 Å². The van der Waals surface area contributed by atoms with Crippen LogP contribution in [0.3, 0.4) is 0 Å². The maximum Gasteiger partial charge on any atom is 0.340 e. The van der Waals surface area contributed by atoms with Crippen molar-refractivity contribution < 1.29 is 14.3 Å². The number of nitrogens with one attached hydrogen (secondary N) is 1. The second kappa shape index (κ2) is 6.26. The van der Waals surface area contributed by atoms with Crippen LogP contribution in [-0.4, -0.2) is 24.0 Å². The van der Waals surface area contributed by atoms with Crippen molar-refractivity contribution >= 4 is 17.6 Å². The first-order valence-electron chi connectivity index (χ1n) is 6.97. The van der Waals surface area contributed by atoms with Gasteiger partial charge >= 0.3 is 5.97 Å². The number of anilines is 1. The number of rotatable bonds is 5. The van der Waals surface area contributed by atoms with E-state index in [-0.39, 0.29) is 12.5 Å². The fourth-order valence-electron chi connectivity index (χ4n) is 1.55. The van der Waals surface area contributed by atoms with Crippen molar-refractivity contribution in [1.82, 2.24) is 0 Å². The van der Waals surface area contributed by atoms with Gasteiger partial charge in [0.25, 0.3) is 0 Å². The molecule has 0 aliphatic rings. The molecule has 1 amide bonds. The van der Waals surface area contributed by atoms with Crippen LogP contribution in [0.2, 0.25) is 0 Å². The Morgan fingerprint density at radius 3 is 2.29 bits per heavy atom. The molecule has 5 nitrogen and oxygen atoms in total. The highest BCUT2D eigenvalue weighted by Gasteiger charge is 2.40. The van der Waals surface area contributed by atoms with Crippen molar-refractivity contribution in [2.45, 2.75) is 40.2 Å². The Kier molecular flexibility index (Phi) is 5.12. The first-order chi connectivity index (χ1) is 9.61. The summed E-state index contributed by atoms with van der Waals surface area (Å²) in [6.07, 6.45) is 0. The van der Waals surface area contributed by atoms with Gasteiger partial charge in [-0.15, -0.1) is 0 Å². The Labute approximate surface area is 125 Å². The second-order valence-electron chi connectivity index (χ2n) is 6.07. The second-order valence-corrected chi connectivity index (χ2v) is 6.07. The average Bonchev–Trinajstić information content (AvgIpc) is 2.38. The fraction of sp³-hybridized carbons (Fsp3) is 0.500. The number of amides is 1. The third-order valence-electron chi connectivity index (χ3n) is 3.85. The minimum absolute atomic E-state index is 0.244. The minimum Gasteiger partial charge on any atom is -0.462 e. The molecule has 0 unspecified atom stereocenters. The van der Waals surface area contributed by atoms with E-state index in [0.717, 1.165) is 0 Å². The first-order valence-corrected chi connectivity index (χ1v) is 6.97. The number of esters is 1. The first kappa shape index (κ1) is 17.2. The Bertz CT molecular complexity index is 531. The number of carbonyl (C=O) groups excluding carboxylic acids is 2. The third-order valence-corrected chi connectivity index (χ3v) is 3.85. The number of para-hydroxylation sites is 1. The highest BCUT2D eigenvalue weighted by molar-refractivity contribution is 6.03. The van der Waals surface area contributed by atoms with Crippen LogP contribution in [0.15, 0.2) is 24.3 Å². The van der Waals surface area contributed by atoms with Gasteiger partial charge in [-0.25, -0.2) is 4.79 Å². The molecule has 21 heavy (non-hydrogen) atoms. The fourth-order valence-corrected chi connectivity index (χ4v) is 1.55. The molecule has 0 aliphatic heterocycles. The van der Waals surface area contributed by atoms with E-state index in [2.05, 4.69) is 5.32 Å². The lowest BCUT2D eigenvalue weighted by Crippen LogP contribution is -2.53. The van der Waals surface area contributed by atoms with E-state index >= 15 is 0 Å². The molecule has 5 heteroatoms. The summed E-state index contributed by atoms with van der Waals surface area (Å²) in [5, 5.41) is 2.78. The van der Waals surface area contributed by atoms with Crippen molar-refractivity contribution in [3.05, 3.63) is 29.8 Å². The molecule has 3 N–H and O–H groups in total. The van der Waals surface area contributed by atoms with Crippen LogP contribution < -0.4 is 11.1 Å². The number of benzene rings is 1. The standard InChI is InChI=1S/C16H24N2O3/c1-6-21-13(19)11-9-7-8-10-12(11)18-14(20)15(2,3)16(4,5)17/h7-10H,6,17H2,1-5H3,(H,18,20). The molecular weight excluding hydrogens is 268 g/mol. The van der Waals surface area contributed by atoms with Crippen LogP contribution >= 0.6 is 0 Å². The van der Waals surface area contributed by atoms with E-state index in [1.54, 1.807) is 58.9 Å². The lowest BCUT2D eigenvalue weighted by Gasteiger charge is -2.37. The molecule has 0 aromatic heterocycles. The third kappa shape index (κ3) is 3.82. The summed E-state index contributed by atoms with van der Waals surface area (Å²) < 4.78 is 4.99. The van der Waals surface area contributed by atoms with Crippen LogP contribution in [-0.2, 0) is 9.53 Å². The van der Waals surface area contributed by atoms with Crippen molar-refractivity contribution in [2.24, 2.45) is 11.1 Å². The van der Waals surface area contributed by atoms with E-state index in [1.165, 1.54) is 0 Å². The van der Waals surface area contributed by atoms with Crippen LogP contribution in [0, 0.1) is 5.41 Å². The van der Waals surface area contributed by atoms with Gasteiger partial charge in [0.2, 0.25) is 5.91 Å². The van der Waals surface area contributed by atoms with E-state index in [9.17, 15) is 9.59 Å². The zero-order valence-corrected chi connectivity index (χ0v) is 13.3. The van der Waals surface area contributed by atoms with Gasteiger partial charge in [-0.3, -0.25) is 4.79 Å². The molecule has 0 saturated carbocycles. The number of nitrogens with two attached hydrogens (primary N) is 1. The van der Waals surface area contributed by atoms with E-state index in [1.807, 2.05) is 0 Å². The lowest BCUT2D eigenvalue weighted by atomic mass is 9.74. The molecule has 0 spiro atoms. The molecule has 0 atom stereocenters. The lowest BCUT2D eigenvalue weighted by molar-refractivity contribution is -0.126. The van der Waals surface area contributed by atoms with Crippen molar-refractivity contribution in [3.8, 4) is 0 Å². The van der Waals surface area contributed by atoms with Crippen LogP contribution in [0.1, 0.15) is 45.0 Å². The molecule has 0 bridgehead atoms. The number of carbonyl (C=O) groups is 2. The molecule has 0 radical (unpaired) electrons. The van der Waals surface area contributed by atoms with E-state index in [4.69, 9.17) is 10.5 Å². The molecule has 1 rings (SSSR count). The number of hydrogen-bond acceptors (Lipinski definition) is 4. The zero-order valence-electron chi connectivity index (χ0n) is 13.3. The molecule has 0 aliphatic carbocycles. The normalized spacial score (nSPS) is 11.9. The summed E-state index contributed by atoms with van der Waals surface area (Å²) in [5.74, 6) is -0.704. The topological polar surface area (TPSA) is 81.4 Å². The highest BCUT2D eigenvalue weighted by atomic mass is 16.5. The molecular formula is C16H24N2O3. The van der Waals surface area contributed by atoms with Crippen LogP contribution in [0.4, 0.5) is 5.69 Å². The van der Waals surface area contributed by atoms with Crippen LogP contribution in [0.5, 0.6) is 0 Å². The van der Waals surface area contributed by atoms with Crippen LogP contribution in [0.25, 0.3) is 0 Å². The Balaban J connectivity index is 3.04. The van der Waals surface area contributed by atoms with E-state index < -0.39 is 16.9 Å². The van der Waals surface area contributed by atoms with Gasteiger partial charge in [0.1, 0.15) is 0 Å². The summed E-state index contributed by atoms with van der Waals surface area (Å²) in [6, 6.07) is 6.76. The quantitative estimate of drug-likeness (QED) is 0.817. The smallest absolute Gasteiger partial charge is 0.340 e. The Morgan fingerprint density at radius 1 is 1.19 bits per heavy atom. The molecule has 1 aromatic rings. The summed E-state index contributed by atoms with van der Waals surface area (Å²) in [7, 11) is 0. The minimum atomic E-state index is -0.797.